The van der Waals surface area contributed by atoms with Gasteiger partial charge in [-0.1, -0.05) is 12.1 Å². The number of nitrogens with one attached hydrogen (secondary N) is 1. The van der Waals surface area contributed by atoms with Gasteiger partial charge in [-0.05, 0) is 29.8 Å². The minimum Gasteiger partial charge on any atom is -0.454 e. The van der Waals surface area contributed by atoms with E-state index in [1.807, 2.05) is 18.2 Å². The molecule has 0 aliphatic carbocycles. The summed E-state index contributed by atoms with van der Waals surface area (Å²) in [6.07, 6.45) is 1.94. The molecule has 0 fully saturated rings. The summed E-state index contributed by atoms with van der Waals surface area (Å²) >= 11 is 0. The zero-order chi connectivity index (χ0) is 20.9. The molecule has 156 valence electrons. The SMILES string of the molecule is CS(=O)(=O)c1ccc(CN2CCc3[nH]n(-c4ccc5c(c4)OCO5)c(=O)c3C2)cc1. The van der Waals surface area contributed by atoms with Crippen LogP contribution in [0, 0.1) is 0 Å². The van der Waals surface area contributed by atoms with E-state index in [1.54, 1.807) is 28.9 Å². The quantitative estimate of drug-likeness (QED) is 0.683. The van der Waals surface area contributed by atoms with Crippen molar-refractivity contribution in [3.8, 4) is 17.2 Å². The van der Waals surface area contributed by atoms with Crippen LogP contribution in [-0.2, 0) is 29.3 Å². The summed E-state index contributed by atoms with van der Waals surface area (Å²) in [6, 6.07) is 12.3. The van der Waals surface area contributed by atoms with Gasteiger partial charge in [0, 0.05) is 44.1 Å². The lowest BCUT2D eigenvalue weighted by Gasteiger charge is -2.25. The summed E-state index contributed by atoms with van der Waals surface area (Å²) in [5, 5.41) is 3.23. The van der Waals surface area contributed by atoms with E-state index in [9.17, 15) is 13.2 Å². The number of aromatic nitrogens is 2. The number of fused-ring (bicyclic) bond motifs is 2. The summed E-state index contributed by atoms with van der Waals surface area (Å²) in [5.41, 5.74) is 3.35. The van der Waals surface area contributed by atoms with Gasteiger partial charge in [0.05, 0.1) is 16.1 Å². The van der Waals surface area contributed by atoms with Crippen molar-refractivity contribution in [2.45, 2.75) is 24.4 Å². The van der Waals surface area contributed by atoms with Gasteiger partial charge in [0.25, 0.3) is 5.56 Å². The van der Waals surface area contributed by atoms with Gasteiger partial charge < -0.3 is 9.47 Å². The van der Waals surface area contributed by atoms with E-state index in [-0.39, 0.29) is 12.4 Å². The second kappa shape index (κ2) is 7.03. The largest absolute Gasteiger partial charge is 0.454 e. The first-order valence-corrected chi connectivity index (χ1v) is 11.5. The number of aromatic amines is 1. The smallest absolute Gasteiger partial charge is 0.275 e. The zero-order valence-electron chi connectivity index (χ0n) is 16.4. The minimum atomic E-state index is -3.20. The molecule has 2 aliphatic rings. The van der Waals surface area contributed by atoms with Gasteiger partial charge in [-0.15, -0.1) is 0 Å². The van der Waals surface area contributed by atoms with Crippen molar-refractivity contribution in [1.82, 2.24) is 14.7 Å². The van der Waals surface area contributed by atoms with Crippen molar-refractivity contribution in [2.24, 2.45) is 0 Å². The van der Waals surface area contributed by atoms with E-state index in [2.05, 4.69) is 10.00 Å². The summed E-state index contributed by atoms with van der Waals surface area (Å²) < 4.78 is 35.6. The topological polar surface area (TPSA) is 93.6 Å². The molecule has 1 aromatic heterocycles. The van der Waals surface area contributed by atoms with Crippen LogP contribution in [0.2, 0.25) is 0 Å². The Morgan fingerprint density at radius 3 is 2.60 bits per heavy atom. The fraction of sp³-hybridized carbons (Fsp3) is 0.286. The Bertz CT molecular complexity index is 1270. The maximum absolute atomic E-state index is 13.0. The van der Waals surface area contributed by atoms with Crippen molar-refractivity contribution in [1.29, 1.82) is 0 Å². The lowest BCUT2D eigenvalue weighted by atomic mass is 10.1. The average molecular weight is 427 g/mol. The molecule has 0 saturated heterocycles. The zero-order valence-corrected chi connectivity index (χ0v) is 17.2. The lowest BCUT2D eigenvalue weighted by molar-refractivity contribution is 0.174. The van der Waals surface area contributed by atoms with E-state index >= 15 is 0 Å². The highest BCUT2D eigenvalue weighted by molar-refractivity contribution is 7.90. The molecule has 0 spiro atoms. The Hall–Kier alpha value is -3.04. The van der Waals surface area contributed by atoms with Crippen LogP contribution in [0.25, 0.3) is 5.69 Å². The highest BCUT2D eigenvalue weighted by atomic mass is 32.2. The van der Waals surface area contributed by atoms with E-state index in [0.717, 1.165) is 29.8 Å². The molecule has 30 heavy (non-hydrogen) atoms. The van der Waals surface area contributed by atoms with Crippen molar-refractivity contribution in [2.75, 3.05) is 19.6 Å². The van der Waals surface area contributed by atoms with Gasteiger partial charge >= 0.3 is 0 Å². The van der Waals surface area contributed by atoms with E-state index in [4.69, 9.17) is 9.47 Å². The van der Waals surface area contributed by atoms with Crippen LogP contribution in [0.1, 0.15) is 16.8 Å². The average Bonchev–Trinajstić information content (AvgIpc) is 3.32. The van der Waals surface area contributed by atoms with Gasteiger partial charge in [-0.25, -0.2) is 13.1 Å². The molecule has 0 amide bonds. The lowest BCUT2D eigenvalue weighted by Crippen LogP contribution is -2.32. The maximum atomic E-state index is 13.0. The van der Waals surface area contributed by atoms with Crippen LogP contribution >= 0.6 is 0 Å². The standard InChI is InChI=1S/C21H21N3O5S/c1-30(26,27)16-5-2-14(3-6-16)11-23-9-8-18-17(12-23)21(25)24(22-18)15-4-7-19-20(10-15)29-13-28-19/h2-7,10,22H,8-9,11-13H2,1H3. The van der Waals surface area contributed by atoms with Gasteiger partial charge in [0.15, 0.2) is 21.3 Å². The van der Waals surface area contributed by atoms with Gasteiger partial charge in [0.2, 0.25) is 6.79 Å². The Balaban J connectivity index is 1.36. The van der Waals surface area contributed by atoms with E-state index < -0.39 is 9.84 Å². The monoisotopic (exact) mass is 427 g/mol. The molecule has 2 aromatic carbocycles. The van der Waals surface area contributed by atoms with Crippen molar-refractivity contribution >= 4 is 9.84 Å². The molecule has 8 nitrogen and oxygen atoms in total. The third-order valence-corrected chi connectivity index (χ3v) is 6.63. The third-order valence-electron chi connectivity index (χ3n) is 5.50. The minimum absolute atomic E-state index is 0.0685. The van der Waals surface area contributed by atoms with Gasteiger partial charge in [-0.3, -0.25) is 14.8 Å². The summed E-state index contributed by atoms with van der Waals surface area (Å²) in [5.74, 6) is 1.31. The molecule has 3 aromatic rings. The number of rotatable bonds is 4. The Morgan fingerprint density at radius 1 is 1.07 bits per heavy atom. The van der Waals surface area contributed by atoms with Crippen molar-refractivity contribution < 1.29 is 17.9 Å². The number of nitrogens with zero attached hydrogens (tertiary/aromatic N) is 2. The first-order valence-electron chi connectivity index (χ1n) is 9.62. The fourth-order valence-electron chi connectivity index (χ4n) is 3.90. The molecular weight excluding hydrogens is 406 g/mol. The summed E-state index contributed by atoms with van der Waals surface area (Å²) in [7, 11) is -3.20. The summed E-state index contributed by atoms with van der Waals surface area (Å²) in [4.78, 5) is 15.5. The van der Waals surface area contributed by atoms with Crippen molar-refractivity contribution in [3.63, 3.8) is 0 Å². The van der Waals surface area contributed by atoms with Crippen LogP contribution < -0.4 is 15.0 Å². The molecule has 2 aliphatic heterocycles. The number of ether oxygens (including phenoxy) is 2. The Morgan fingerprint density at radius 2 is 1.83 bits per heavy atom. The van der Waals surface area contributed by atoms with Crippen LogP contribution in [0.4, 0.5) is 0 Å². The molecule has 9 heteroatoms. The molecule has 3 heterocycles. The van der Waals surface area contributed by atoms with E-state index in [1.165, 1.54) is 6.26 Å². The molecular formula is C21H21N3O5S. The molecule has 0 radical (unpaired) electrons. The second-order valence-corrected chi connectivity index (χ2v) is 9.64. The fourth-order valence-corrected chi connectivity index (χ4v) is 4.53. The van der Waals surface area contributed by atoms with Crippen LogP contribution in [0.3, 0.4) is 0 Å². The second-order valence-electron chi connectivity index (χ2n) is 7.62. The van der Waals surface area contributed by atoms with Crippen LogP contribution in [-0.4, -0.2) is 42.7 Å². The Labute approximate surface area is 173 Å². The van der Waals surface area contributed by atoms with E-state index in [0.29, 0.717) is 35.2 Å². The number of hydrogen-bond acceptors (Lipinski definition) is 6. The maximum Gasteiger partial charge on any atom is 0.275 e. The van der Waals surface area contributed by atoms with Gasteiger partial charge in [-0.2, -0.15) is 0 Å². The van der Waals surface area contributed by atoms with Crippen molar-refractivity contribution in [3.05, 3.63) is 69.6 Å². The number of H-pyrrole nitrogens is 1. The van der Waals surface area contributed by atoms with Crippen LogP contribution in [0.5, 0.6) is 11.5 Å². The molecule has 0 unspecified atom stereocenters. The number of hydrogen-bond donors (Lipinski definition) is 1. The predicted molar refractivity (Wildman–Crippen MR) is 110 cm³/mol. The normalized spacial score (nSPS) is 15.9. The predicted octanol–water partition coefficient (Wildman–Crippen LogP) is 1.86. The number of benzene rings is 2. The first-order chi connectivity index (χ1) is 14.4. The highest BCUT2D eigenvalue weighted by Crippen LogP contribution is 2.33. The van der Waals surface area contributed by atoms with Crippen LogP contribution in [0.15, 0.2) is 52.2 Å². The summed E-state index contributed by atoms with van der Waals surface area (Å²) in [6.45, 7) is 2.19. The van der Waals surface area contributed by atoms with Gasteiger partial charge in [0.1, 0.15) is 0 Å². The molecule has 1 N–H and O–H groups in total. The molecule has 0 saturated carbocycles. The number of sulfone groups is 1. The first kappa shape index (κ1) is 19.0. The Kier molecular flexibility index (Phi) is 4.44. The third kappa shape index (κ3) is 3.40. The highest BCUT2D eigenvalue weighted by Gasteiger charge is 2.24. The molecule has 5 rings (SSSR count). The molecule has 0 bridgehead atoms. The molecule has 0 atom stereocenters.